The lowest BCUT2D eigenvalue weighted by Crippen LogP contribution is -2.39. The van der Waals surface area contributed by atoms with E-state index in [1.165, 1.54) is 12.4 Å². The first-order valence-corrected chi connectivity index (χ1v) is 12.5. The number of nitrogens with zero attached hydrogens (tertiary/aromatic N) is 6. The van der Waals surface area contributed by atoms with Crippen LogP contribution in [-0.4, -0.2) is 50.5 Å². The standard InChI is InChI=1S/C26H27F3N8O2/c1-14(2)18-9-17(30)10-19-21(18)39-24(35-19)22-32-12-16(13-33-22)23(38)34-11-15-4-7-37(8-5-15)25-31-6-3-20(36-25)26(27,28)29/h3,6,9-10,12-15H,4-5,7-8,11,30H2,1-2H3,(H,34,38). The molecule has 39 heavy (non-hydrogen) atoms. The van der Waals surface area contributed by atoms with Crippen molar-refractivity contribution in [2.24, 2.45) is 5.92 Å². The molecule has 10 nitrogen and oxygen atoms in total. The Morgan fingerprint density at radius 3 is 2.54 bits per heavy atom. The van der Waals surface area contributed by atoms with Gasteiger partial charge >= 0.3 is 6.18 Å². The number of hydrogen-bond donors (Lipinski definition) is 2. The van der Waals surface area contributed by atoms with E-state index in [4.69, 9.17) is 10.2 Å². The number of carbonyl (C=O) groups is 1. The van der Waals surface area contributed by atoms with E-state index in [9.17, 15) is 18.0 Å². The molecule has 3 N–H and O–H groups in total. The molecule has 0 spiro atoms. The van der Waals surface area contributed by atoms with E-state index >= 15 is 0 Å². The average Bonchev–Trinajstić information content (AvgIpc) is 3.35. The predicted octanol–water partition coefficient (Wildman–Crippen LogP) is 4.45. The monoisotopic (exact) mass is 540 g/mol. The molecule has 5 rings (SSSR count). The maximum Gasteiger partial charge on any atom is 0.433 e. The minimum absolute atomic E-state index is 0.0624. The van der Waals surface area contributed by atoms with Crippen molar-refractivity contribution in [2.75, 3.05) is 30.3 Å². The molecule has 1 amide bonds. The van der Waals surface area contributed by atoms with Gasteiger partial charge in [-0.05, 0) is 42.9 Å². The van der Waals surface area contributed by atoms with Gasteiger partial charge in [-0.25, -0.2) is 24.9 Å². The van der Waals surface area contributed by atoms with Crippen LogP contribution >= 0.6 is 0 Å². The van der Waals surface area contributed by atoms with Crippen molar-refractivity contribution in [2.45, 2.75) is 38.8 Å². The Balaban J connectivity index is 1.17. The summed E-state index contributed by atoms with van der Waals surface area (Å²) in [7, 11) is 0. The quantitative estimate of drug-likeness (QED) is 0.340. The van der Waals surface area contributed by atoms with Crippen LogP contribution in [0.4, 0.5) is 24.8 Å². The Hall–Kier alpha value is -4.29. The number of alkyl halides is 3. The third-order valence-corrected chi connectivity index (χ3v) is 6.65. The summed E-state index contributed by atoms with van der Waals surface area (Å²) in [6, 6.07) is 4.44. The van der Waals surface area contributed by atoms with Gasteiger partial charge in [0.1, 0.15) is 11.2 Å². The number of amides is 1. The van der Waals surface area contributed by atoms with Gasteiger partial charge in [-0.3, -0.25) is 4.79 Å². The molecule has 0 atom stereocenters. The number of halogens is 3. The number of carbonyl (C=O) groups excluding carboxylic acids is 1. The van der Waals surface area contributed by atoms with Crippen molar-refractivity contribution >= 4 is 28.6 Å². The number of piperidine rings is 1. The van der Waals surface area contributed by atoms with E-state index in [1.54, 1.807) is 11.0 Å². The average molecular weight is 541 g/mol. The Morgan fingerprint density at radius 2 is 1.87 bits per heavy atom. The zero-order valence-corrected chi connectivity index (χ0v) is 21.4. The molecule has 4 heterocycles. The molecule has 1 aliphatic heterocycles. The van der Waals surface area contributed by atoms with E-state index < -0.39 is 11.9 Å². The van der Waals surface area contributed by atoms with Crippen LogP contribution < -0.4 is 16.0 Å². The topological polar surface area (TPSA) is 136 Å². The molecular weight excluding hydrogens is 513 g/mol. The van der Waals surface area contributed by atoms with Gasteiger partial charge in [0.25, 0.3) is 11.8 Å². The van der Waals surface area contributed by atoms with Crippen LogP contribution in [0.5, 0.6) is 0 Å². The Bertz CT molecular complexity index is 1480. The molecule has 1 aromatic carbocycles. The number of oxazole rings is 1. The van der Waals surface area contributed by atoms with Crippen molar-refractivity contribution < 1.29 is 22.4 Å². The number of nitrogens with two attached hydrogens (primary N) is 1. The number of aromatic nitrogens is 5. The van der Waals surface area contributed by atoms with Gasteiger partial charge in [0.05, 0.1) is 5.56 Å². The highest BCUT2D eigenvalue weighted by Crippen LogP contribution is 2.31. The van der Waals surface area contributed by atoms with Crippen molar-refractivity contribution in [3.63, 3.8) is 0 Å². The van der Waals surface area contributed by atoms with Gasteiger partial charge in [-0.1, -0.05) is 13.8 Å². The van der Waals surface area contributed by atoms with Crippen LogP contribution in [0.25, 0.3) is 22.8 Å². The first-order valence-electron chi connectivity index (χ1n) is 12.5. The number of nitrogens with one attached hydrogen (secondary N) is 1. The normalized spacial score (nSPS) is 14.8. The van der Waals surface area contributed by atoms with Gasteiger partial charge in [0.15, 0.2) is 5.58 Å². The highest BCUT2D eigenvalue weighted by atomic mass is 19.4. The zero-order valence-electron chi connectivity index (χ0n) is 21.4. The molecule has 3 aromatic heterocycles. The number of hydrogen-bond acceptors (Lipinski definition) is 9. The first-order chi connectivity index (χ1) is 18.6. The highest BCUT2D eigenvalue weighted by molar-refractivity contribution is 5.93. The van der Waals surface area contributed by atoms with Crippen LogP contribution in [0.15, 0.2) is 41.2 Å². The molecule has 1 fully saturated rings. The third kappa shape index (κ3) is 5.76. The van der Waals surface area contributed by atoms with Gasteiger partial charge in [0.2, 0.25) is 11.8 Å². The second kappa shape index (κ2) is 10.5. The van der Waals surface area contributed by atoms with Crippen LogP contribution in [0.2, 0.25) is 0 Å². The van der Waals surface area contributed by atoms with Gasteiger partial charge < -0.3 is 20.4 Å². The van der Waals surface area contributed by atoms with E-state index in [1.807, 2.05) is 19.9 Å². The fourth-order valence-corrected chi connectivity index (χ4v) is 4.50. The molecule has 0 radical (unpaired) electrons. The lowest BCUT2D eigenvalue weighted by molar-refractivity contribution is -0.141. The summed E-state index contributed by atoms with van der Waals surface area (Å²) >= 11 is 0. The SMILES string of the molecule is CC(C)c1cc(N)cc2nc(-c3ncc(C(=O)NCC4CCN(c5nccc(C(F)(F)F)n5)CC4)cn3)oc12. The Kier molecular flexibility index (Phi) is 7.06. The summed E-state index contributed by atoms with van der Waals surface area (Å²) in [5, 5.41) is 2.89. The smallest absolute Gasteiger partial charge is 0.433 e. The van der Waals surface area contributed by atoms with Crippen molar-refractivity contribution in [1.29, 1.82) is 0 Å². The number of benzene rings is 1. The minimum atomic E-state index is -4.52. The fourth-order valence-electron chi connectivity index (χ4n) is 4.50. The lowest BCUT2D eigenvalue weighted by atomic mass is 9.97. The van der Waals surface area contributed by atoms with E-state index in [-0.39, 0.29) is 41.0 Å². The molecule has 0 bridgehead atoms. The molecule has 4 aromatic rings. The second-order valence-electron chi connectivity index (χ2n) is 9.81. The Labute approximate surface area is 221 Å². The van der Waals surface area contributed by atoms with Crippen molar-refractivity contribution in [1.82, 2.24) is 30.2 Å². The highest BCUT2D eigenvalue weighted by Gasteiger charge is 2.33. The summed E-state index contributed by atoms with van der Waals surface area (Å²) in [6.45, 7) is 5.48. The molecule has 0 unspecified atom stereocenters. The number of fused-ring (bicyclic) bond motifs is 1. The van der Waals surface area contributed by atoms with E-state index in [0.717, 1.165) is 17.8 Å². The van der Waals surface area contributed by atoms with Crippen LogP contribution in [0, 0.1) is 5.92 Å². The van der Waals surface area contributed by atoms with Crippen molar-refractivity contribution in [3.8, 4) is 11.7 Å². The maximum absolute atomic E-state index is 12.9. The number of rotatable bonds is 6. The van der Waals surface area contributed by atoms with Crippen molar-refractivity contribution in [3.05, 3.63) is 53.6 Å². The van der Waals surface area contributed by atoms with Gasteiger partial charge in [0, 0.05) is 49.5 Å². The second-order valence-corrected chi connectivity index (χ2v) is 9.81. The minimum Gasteiger partial charge on any atom is -0.433 e. The summed E-state index contributed by atoms with van der Waals surface area (Å²) in [4.78, 5) is 35.0. The Morgan fingerprint density at radius 1 is 1.15 bits per heavy atom. The third-order valence-electron chi connectivity index (χ3n) is 6.65. The van der Waals surface area contributed by atoms with Crippen LogP contribution in [0.3, 0.4) is 0 Å². The summed E-state index contributed by atoms with van der Waals surface area (Å²) in [6.07, 6.45) is 0.784. The molecule has 0 saturated carbocycles. The first kappa shape index (κ1) is 26.3. The lowest BCUT2D eigenvalue weighted by Gasteiger charge is -2.32. The summed E-state index contributed by atoms with van der Waals surface area (Å²) < 4.78 is 44.8. The van der Waals surface area contributed by atoms with E-state index in [2.05, 4.69) is 30.2 Å². The maximum atomic E-state index is 12.9. The fraction of sp³-hybridized carbons (Fsp3) is 0.385. The van der Waals surface area contributed by atoms with Crippen LogP contribution in [0.1, 0.15) is 54.2 Å². The summed E-state index contributed by atoms with van der Waals surface area (Å²) in [5.74, 6) is 0.578. The van der Waals surface area contributed by atoms with Gasteiger partial charge in [-0.15, -0.1) is 0 Å². The van der Waals surface area contributed by atoms with Gasteiger partial charge in [-0.2, -0.15) is 13.2 Å². The zero-order chi connectivity index (χ0) is 27.7. The predicted molar refractivity (Wildman–Crippen MR) is 138 cm³/mol. The number of nitrogen functional groups attached to an aromatic ring is 1. The molecule has 204 valence electrons. The molecule has 1 saturated heterocycles. The molecule has 13 heteroatoms. The summed E-state index contributed by atoms with van der Waals surface area (Å²) in [5.41, 5.74) is 8.10. The van der Waals surface area contributed by atoms with Crippen LogP contribution in [-0.2, 0) is 6.18 Å². The van der Waals surface area contributed by atoms with E-state index in [0.29, 0.717) is 49.3 Å². The molecular formula is C26H27F3N8O2. The number of anilines is 2. The molecule has 0 aliphatic carbocycles. The largest absolute Gasteiger partial charge is 0.433 e. The molecule has 1 aliphatic rings.